The highest BCUT2D eigenvalue weighted by atomic mass is 14.0. The van der Waals surface area contributed by atoms with Crippen LogP contribution in [0.3, 0.4) is 0 Å². The Kier molecular flexibility index (Phi) is 13.0. The third kappa shape index (κ3) is 13.5. The molecule has 0 bridgehead atoms. The summed E-state index contributed by atoms with van der Waals surface area (Å²) < 4.78 is 0. The molecule has 0 heteroatoms. The first kappa shape index (κ1) is 14.5. The summed E-state index contributed by atoms with van der Waals surface area (Å²) in [4.78, 5) is 0. The van der Waals surface area contributed by atoms with Crippen LogP contribution in [0.25, 0.3) is 0 Å². The highest BCUT2D eigenvalue weighted by Gasteiger charge is 1.89. The Morgan fingerprint density at radius 3 is 2.07 bits per heavy atom. The zero-order chi connectivity index (χ0) is 11.2. The quantitative estimate of drug-likeness (QED) is 0.330. The standard InChI is InChI=1S/C15H27/c1-3-5-7-9-11-13-15-14-12-10-8-6-4-2/h6,8,10H,3,5,7,9,11-15H2,1-2H3/b6-4?,10-8+. The summed E-state index contributed by atoms with van der Waals surface area (Å²) in [7, 11) is 0. The van der Waals surface area contributed by atoms with Crippen molar-refractivity contribution in [1.29, 1.82) is 0 Å². The van der Waals surface area contributed by atoms with Crippen molar-refractivity contribution in [3.8, 4) is 0 Å². The number of allylic oxidation sites excluding steroid dienone is 4. The summed E-state index contributed by atoms with van der Waals surface area (Å²) in [5.41, 5.74) is 0. The van der Waals surface area contributed by atoms with E-state index in [4.69, 9.17) is 0 Å². The summed E-state index contributed by atoms with van der Waals surface area (Å²) in [6.45, 7) is 4.20. The molecule has 87 valence electrons. The van der Waals surface area contributed by atoms with Crippen LogP contribution in [-0.4, -0.2) is 0 Å². The minimum absolute atomic E-state index is 1.23. The third-order valence-electron chi connectivity index (χ3n) is 2.62. The van der Waals surface area contributed by atoms with Crippen LogP contribution >= 0.6 is 0 Å². The van der Waals surface area contributed by atoms with Crippen molar-refractivity contribution in [1.82, 2.24) is 0 Å². The van der Waals surface area contributed by atoms with E-state index in [2.05, 4.69) is 25.2 Å². The van der Waals surface area contributed by atoms with Gasteiger partial charge >= 0.3 is 0 Å². The second-order valence-corrected chi connectivity index (χ2v) is 4.15. The van der Waals surface area contributed by atoms with Gasteiger partial charge in [0.1, 0.15) is 0 Å². The van der Waals surface area contributed by atoms with Gasteiger partial charge in [-0.2, -0.15) is 0 Å². The highest BCUT2D eigenvalue weighted by molar-refractivity contribution is 4.97. The van der Waals surface area contributed by atoms with E-state index in [0.717, 1.165) is 0 Å². The monoisotopic (exact) mass is 207 g/mol. The van der Waals surface area contributed by atoms with Gasteiger partial charge in [-0.3, -0.25) is 0 Å². The average Bonchev–Trinajstić information content (AvgIpc) is 2.26. The summed E-state index contributed by atoms with van der Waals surface area (Å²) >= 11 is 0. The Morgan fingerprint density at radius 1 is 0.867 bits per heavy atom. The van der Waals surface area contributed by atoms with Gasteiger partial charge in [-0.25, -0.2) is 0 Å². The molecule has 0 amide bonds. The molecule has 0 saturated carbocycles. The van der Waals surface area contributed by atoms with E-state index in [1.165, 1.54) is 57.8 Å². The van der Waals surface area contributed by atoms with E-state index in [1.807, 2.05) is 13.0 Å². The topological polar surface area (TPSA) is 0 Å². The normalized spacial score (nSPS) is 11.9. The molecule has 0 aromatic carbocycles. The SMILES string of the molecule is C/[C]=C\C=C\CCCCCCCCCC. The molecule has 0 saturated heterocycles. The molecule has 0 N–H and O–H groups in total. The predicted molar refractivity (Wildman–Crippen MR) is 69.9 cm³/mol. The van der Waals surface area contributed by atoms with E-state index >= 15 is 0 Å². The lowest BCUT2D eigenvalue weighted by Crippen LogP contribution is -1.79. The average molecular weight is 207 g/mol. The van der Waals surface area contributed by atoms with Crippen LogP contribution < -0.4 is 0 Å². The van der Waals surface area contributed by atoms with E-state index in [0.29, 0.717) is 0 Å². The van der Waals surface area contributed by atoms with E-state index in [-0.39, 0.29) is 0 Å². The highest BCUT2D eigenvalue weighted by Crippen LogP contribution is 2.09. The van der Waals surface area contributed by atoms with E-state index in [9.17, 15) is 0 Å². The van der Waals surface area contributed by atoms with Crippen molar-refractivity contribution >= 4 is 0 Å². The van der Waals surface area contributed by atoms with Crippen LogP contribution in [0, 0.1) is 6.08 Å². The molecule has 15 heavy (non-hydrogen) atoms. The summed E-state index contributed by atoms with van der Waals surface area (Å²) in [5.74, 6) is 0. The van der Waals surface area contributed by atoms with Crippen molar-refractivity contribution in [3.05, 3.63) is 24.3 Å². The lowest BCUT2D eigenvalue weighted by Gasteiger charge is -1.99. The minimum atomic E-state index is 1.23. The van der Waals surface area contributed by atoms with E-state index < -0.39 is 0 Å². The molecular formula is C15H27. The van der Waals surface area contributed by atoms with Gasteiger partial charge in [0.2, 0.25) is 0 Å². The molecule has 0 aliphatic carbocycles. The van der Waals surface area contributed by atoms with Gasteiger partial charge in [0.25, 0.3) is 0 Å². The molecule has 0 atom stereocenters. The van der Waals surface area contributed by atoms with Crippen LogP contribution in [0.1, 0.15) is 71.6 Å². The van der Waals surface area contributed by atoms with Gasteiger partial charge in [-0.05, 0) is 25.8 Å². The first-order valence-electron chi connectivity index (χ1n) is 6.57. The molecule has 0 aromatic rings. The maximum Gasteiger partial charge on any atom is -0.0348 e. The molecule has 0 aliphatic heterocycles. The smallest absolute Gasteiger partial charge is 0.0348 e. The maximum absolute atomic E-state index is 2.99. The third-order valence-corrected chi connectivity index (χ3v) is 2.62. The molecule has 0 aromatic heterocycles. The fourth-order valence-electron chi connectivity index (χ4n) is 1.66. The lowest BCUT2D eigenvalue weighted by atomic mass is 10.1. The van der Waals surface area contributed by atoms with Crippen molar-refractivity contribution in [3.63, 3.8) is 0 Å². The summed E-state index contributed by atoms with van der Waals surface area (Å²) in [5, 5.41) is 0. The molecule has 0 unspecified atom stereocenters. The molecule has 0 aliphatic rings. The van der Waals surface area contributed by atoms with Gasteiger partial charge in [0.05, 0.1) is 0 Å². The molecular weight excluding hydrogens is 180 g/mol. The van der Waals surface area contributed by atoms with Crippen molar-refractivity contribution in [2.24, 2.45) is 0 Å². The molecule has 0 nitrogen and oxygen atoms in total. The van der Waals surface area contributed by atoms with Gasteiger partial charge in [-0.1, -0.05) is 70.1 Å². The van der Waals surface area contributed by atoms with Gasteiger partial charge in [-0.15, -0.1) is 0 Å². The van der Waals surface area contributed by atoms with Gasteiger partial charge < -0.3 is 0 Å². The fourth-order valence-corrected chi connectivity index (χ4v) is 1.66. The number of unbranched alkanes of at least 4 members (excludes halogenated alkanes) is 8. The van der Waals surface area contributed by atoms with Crippen LogP contribution in [-0.2, 0) is 0 Å². The van der Waals surface area contributed by atoms with Crippen LogP contribution in [0.4, 0.5) is 0 Å². The zero-order valence-electron chi connectivity index (χ0n) is 10.6. The van der Waals surface area contributed by atoms with Crippen LogP contribution in [0.5, 0.6) is 0 Å². The second kappa shape index (κ2) is 13.5. The van der Waals surface area contributed by atoms with Crippen LogP contribution in [0.15, 0.2) is 18.2 Å². The Balaban J connectivity index is 2.98. The maximum atomic E-state index is 2.99. The Hall–Kier alpha value is -0.520. The van der Waals surface area contributed by atoms with Crippen LogP contribution in [0.2, 0.25) is 0 Å². The Labute approximate surface area is 96.5 Å². The lowest BCUT2D eigenvalue weighted by molar-refractivity contribution is 0.577. The first-order valence-corrected chi connectivity index (χ1v) is 6.57. The van der Waals surface area contributed by atoms with Crippen molar-refractivity contribution in [2.75, 3.05) is 0 Å². The Morgan fingerprint density at radius 2 is 1.47 bits per heavy atom. The predicted octanol–water partition coefficient (Wildman–Crippen LogP) is 5.45. The van der Waals surface area contributed by atoms with Gasteiger partial charge in [0.15, 0.2) is 0 Å². The molecule has 0 heterocycles. The largest absolute Gasteiger partial charge is 0.0845 e. The summed E-state index contributed by atoms with van der Waals surface area (Å²) in [6, 6.07) is 0. The molecule has 0 spiro atoms. The van der Waals surface area contributed by atoms with Gasteiger partial charge in [0, 0.05) is 0 Å². The summed E-state index contributed by atoms with van der Waals surface area (Å²) in [6.07, 6.45) is 21.8. The molecule has 1 radical (unpaired) electrons. The minimum Gasteiger partial charge on any atom is -0.0845 e. The zero-order valence-corrected chi connectivity index (χ0v) is 10.6. The first-order chi connectivity index (χ1) is 7.41. The number of hydrogen-bond donors (Lipinski definition) is 0. The molecule has 0 fully saturated rings. The van der Waals surface area contributed by atoms with E-state index in [1.54, 1.807) is 0 Å². The Bertz CT molecular complexity index is 153. The van der Waals surface area contributed by atoms with Crippen molar-refractivity contribution < 1.29 is 0 Å². The molecule has 0 rings (SSSR count). The number of hydrogen-bond acceptors (Lipinski definition) is 0. The second-order valence-electron chi connectivity index (χ2n) is 4.15. The van der Waals surface area contributed by atoms with Crippen molar-refractivity contribution in [2.45, 2.75) is 71.6 Å². The fraction of sp³-hybridized carbons (Fsp3) is 0.733. The number of rotatable bonds is 10.